The summed E-state index contributed by atoms with van der Waals surface area (Å²) in [5.74, 6) is 7.28. The van der Waals surface area contributed by atoms with Gasteiger partial charge in [0, 0.05) is 32.1 Å². The average Bonchev–Trinajstić information content (AvgIpc) is 2.81. The molecule has 0 fully saturated rings. The summed E-state index contributed by atoms with van der Waals surface area (Å²) in [6.45, 7) is 12.3. The number of ether oxygens (including phenoxy) is 1. The second-order valence-electron chi connectivity index (χ2n) is 6.90. The van der Waals surface area contributed by atoms with E-state index in [0.29, 0.717) is 6.73 Å². The zero-order valence-corrected chi connectivity index (χ0v) is 15.7. The first kappa shape index (κ1) is 17.5. The van der Waals surface area contributed by atoms with E-state index in [4.69, 9.17) is 4.74 Å². The van der Waals surface area contributed by atoms with E-state index in [-0.39, 0.29) is 0 Å². The second-order valence-corrected chi connectivity index (χ2v) is 12.5. The van der Waals surface area contributed by atoms with Gasteiger partial charge in [-0.2, -0.15) is 0 Å². The van der Waals surface area contributed by atoms with Crippen LogP contribution < -0.4 is 0 Å². The van der Waals surface area contributed by atoms with Crippen LogP contribution in [0.4, 0.5) is 0 Å². The van der Waals surface area contributed by atoms with Crippen LogP contribution in [0.15, 0.2) is 24.5 Å². The molecule has 5 heteroatoms. The fourth-order valence-corrected chi connectivity index (χ4v) is 2.78. The molecule has 0 saturated heterocycles. The Labute approximate surface area is 139 Å². The Balaban J connectivity index is 2.04. The summed E-state index contributed by atoms with van der Waals surface area (Å²) < 4.78 is 7.85. The molecular weight excluding hydrogens is 302 g/mol. The predicted octanol–water partition coefficient (Wildman–Crippen LogP) is 3.61. The van der Waals surface area contributed by atoms with Crippen LogP contribution in [0.2, 0.25) is 25.7 Å². The van der Waals surface area contributed by atoms with Crippen molar-refractivity contribution in [2.75, 3.05) is 6.61 Å². The van der Waals surface area contributed by atoms with Gasteiger partial charge in [-0.15, -0.1) is 0 Å². The number of aromatic nitrogens is 3. The number of imidazole rings is 1. The summed E-state index contributed by atoms with van der Waals surface area (Å²) in [4.78, 5) is 8.53. The maximum absolute atomic E-state index is 5.83. The SMILES string of the molecule is Cc1cc(C#Cc2cnc(C)n2COCC[Si](C)(C)C)ccn1. The molecule has 2 heterocycles. The topological polar surface area (TPSA) is 39.9 Å². The first-order chi connectivity index (χ1) is 10.8. The maximum atomic E-state index is 5.83. The summed E-state index contributed by atoms with van der Waals surface area (Å²) in [7, 11) is -1.05. The summed E-state index contributed by atoms with van der Waals surface area (Å²) >= 11 is 0. The molecule has 0 saturated carbocycles. The van der Waals surface area contributed by atoms with E-state index >= 15 is 0 Å². The fourth-order valence-electron chi connectivity index (χ4n) is 2.02. The molecule has 2 aromatic rings. The molecule has 0 aliphatic carbocycles. The molecule has 23 heavy (non-hydrogen) atoms. The third kappa shape index (κ3) is 5.66. The Morgan fingerprint density at radius 3 is 2.65 bits per heavy atom. The predicted molar refractivity (Wildman–Crippen MR) is 96.0 cm³/mol. The number of aryl methyl sites for hydroxylation is 2. The van der Waals surface area contributed by atoms with Crippen LogP contribution in [-0.2, 0) is 11.5 Å². The van der Waals surface area contributed by atoms with Crippen LogP contribution in [-0.4, -0.2) is 29.2 Å². The molecule has 0 spiro atoms. The zero-order valence-electron chi connectivity index (χ0n) is 14.7. The van der Waals surface area contributed by atoms with Gasteiger partial charge in [0.2, 0.25) is 0 Å². The lowest BCUT2D eigenvalue weighted by molar-refractivity contribution is 0.0852. The van der Waals surface area contributed by atoms with Crippen molar-refractivity contribution in [3.63, 3.8) is 0 Å². The summed E-state index contributed by atoms with van der Waals surface area (Å²) in [5.41, 5.74) is 2.81. The number of hydrogen-bond donors (Lipinski definition) is 0. The molecule has 2 aromatic heterocycles. The summed E-state index contributed by atoms with van der Waals surface area (Å²) in [6.07, 6.45) is 3.58. The highest BCUT2D eigenvalue weighted by molar-refractivity contribution is 6.76. The van der Waals surface area contributed by atoms with Crippen LogP contribution in [0.5, 0.6) is 0 Å². The Morgan fingerprint density at radius 1 is 1.17 bits per heavy atom. The molecular formula is C18H25N3OSi. The van der Waals surface area contributed by atoms with Crippen LogP contribution in [0.1, 0.15) is 22.8 Å². The van der Waals surface area contributed by atoms with Gasteiger partial charge in [0.15, 0.2) is 0 Å². The van der Waals surface area contributed by atoms with Crippen LogP contribution >= 0.6 is 0 Å². The molecule has 0 radical (unpaired) electrons. The van der Waals surface area contributed by atoms with E-state index in [1.54, 1.807) is 12.4 Å². The van der Waals surface area contributed by atoms with Crippen LogP contribution in [0, 0.1) is 25.7 Å². The normalized spacial score (nSPS) is 11.2. The lowest BCUT2D eigenvalue weighted by Crippen LogP contribution is -2.22. The van der Waals surface area contributed by atoms with Gasteiger partial charge in [0.05, 0.1) is 6.20 Å². The average molecular weight is 328 g/mol. The number of nitrogens with zero attached hydrogens (tertiary/aromatic N) is 3. The Morgan fingerprint density at radius 2 is 1.96 bits per heavy atom. The third-order valence-corrected chi connectivity index (χ3v) is 5.21. The molecule has 0 aliphatic rings. The Kier molecular flexibility index (Phi) is 5.75. The van der Waals surface area contributed by atoms with Gasteiger partial charge in [-0.3, -0.25) is 9.55 Å². The van der Waals surface area contributed by atoms with E-state index in [1.807, 2.05) is 30.5 Å². The van der Waals surface area contributed by atoms with Crippen molar-refractivity contribution in [2.45, 2.75) is 46.3 Å². The smallest absolute Gasteiger partial charge is 0.125 e. The highest BCUT2D eigenvalue weighted by Gasteiger charge is 2.12. The first-order valence-electron chi connectivity index (χ1n) is 7.90. The van der Waals surface area contributed by atoms with Crippen molar-refractivity contribution in [1.29, 1.82) is 0 Å². The van der Waals surface area contributed by atoms with Gasteiger partial charge in [0.25, 0.3) is 0 Å². The van der Waals surface area contributed by atoms with Crippen LogP contribution in [0.25, 0.3) is 0 Å². The lowest BCUT2D eigenvalue weighted by Gasteiger charge is -2.16. The molecule has 0 atom stereocenters. The molecule has 0 aromatic carbocycles. The largest absolute Gasteiger partial charge is 0.361 e. The van der Waals surface area contributed by atoms with Crippen molar-refractivity contribution in [3.05, 3.63) is 47.3 Å². The van der Waals surface area contributed by atoms with Gasteiger partial charge in [-0.25, -0.2) is 4.98 Å². The van der Waals surface area contributed by atoms with E-state index in [1.165, 1.54) is 0 Å². The molecule has 4 nitrogen and oxygen atoms in total. The van der Waals surface area contributed by atoms with Gasteiger partial charge in [-0.1, -0.05) is 25.6 Å². The third-order valence-electron chi connectivity index (χ3n) is 3.50. The van der Waals surface area contributed by atoms with Gasteiger partial charge >= 0.3 is 0 Å². The number of hydrogen-bond acceptors (Lipinski definition) is 3. The van der Waals surface area contributed by atoms with Crippen molar-refractivity contribution >= 4 is 8.07 Å². The number of rotatable bonds is 5. The second kappa shape index (κ2) is 7.58. The molecule has 0 unspecified atom stereocenters. The highest BCUT2D eigenvalue weighted by atomic mass is 28.3. The monoisotopic (exact) mass is 327 g/mol. The Hall–Kier alpha value is -1.90. The minimum absolute atomic E-state index is 0.510. The van der Waals surface area contributed by atoms with Crippen molar-refractivity contribution < 1.29 is 4.74 Å². The van der Waals surface area contributed by atoms with Gasteiger partial charge in [0.1, 0.15) is 18.2 Å². The van der Waals surface area contributed by atoms with E-state index in [9.17, 15) is 0 Å². The quantitative estimate of drug-likeness (QED) is 0.478. The highest BCUT2D eigenvalue weighted by Crippen LogP contribution is 2.09. The molecule has 0 bridgehead atoms. The van der Waals surface area contributed by atoms with E-state index in [2.05, 4.69) is 41.4 Å². The van der Waals surface area contributed by atoms with Crippen molar-refractivity contribution in [2.24, 2.45) is 0 Å². The standard InChI is InChI=1S/C18H25N3OSi/c1-15-12-17(8-9-19-15)6-7-18-13-20-16(2)21(18)14-22-10-11-23(3,4)5/h8-9,12-13H,10-11,14H2,1-5H3. The maximum Gasteiger partial charge on any atom is 0.125 e. The summed E-state index contributed by atoms with van der Waals surface area (Å²) in [5, 5.41) is 0. The van der Waals surface area contributed by atoms with Crippen LogP contribution in [0.3, 0.4) is 0 Å². The van der Waals surface area contributed by atoms with Gasteiger partial charge in [-0.05, 0) is 37.9 Å². The molecule has 2 rings (SSSR count). The fraction of sp³-hybridized carbons (Fsp3) is 0.444. The Bertz CT molecular complexity index is 720. The first-order valence-corrected chi connectivity index (χ1v) is 11.6. The minimum Gasteiger partial charge on any atom is -0.361 e. The van der Waals surface area contributed by atoms with E-state index < -0.39 is 8.07 Å². The van der Waals surface area contributed by atoms with Crippen molar-refractivity contribution in [3.8, 4) is 11.8 Å². The summed E-state index contributed by atoms with van der Waals surface area (Å²) in [6, 6.07) is 5.06. The molecule has 0 N–H and O–H groups in total. The molecule has 122 valence electrons. The molecule has 0 amide bonds. The van der Waals surface area contributed by atoms with E-state index in [0.717, 1.165) is 35.4 Å². The minimum atomic E-state index is -1.05. The molecule has 0 aliphatic heterocycles. The van der Waals surface area contributed by atoms with Crippen molar-refractivity contribution in [1.82, 2.24) is 14.5 Å². The number of pyridine rings is 1. The van der Waals surface area contributed by atoms with Gasteiger partial charge < -0.3 is 4.74 Å². The zero-order chi connectivity index (χ0) is 16.9. The lowest BCUT2D eigenvalue weighted by atomic mass is 10.2.